The molecule has 4 aromatic heterocycles. The number of carbonyl (C=O) groups is 2. The fourth-order valence-electron chi connectivity index (χ4n) is 5.79. The van der Waals surface area contributed by atoms with E-state index in [1.807, 2.05) is 4.90 Å². The molecule has 3 N–H and O–H groups in total. The van der Waals surface area contributed by atoms with Gasteiger partial charge in [-0.25, -0.2) is 27.7 Å². The molecule has 2 atom stereocenters. The van der Waals surface area contributed by atoms with Gasteiger partial charge in [-0.15, -0.1) is 0 Å². The highest BCUT2D eigenvalue weighted by atomic mass is 35.5. The summed E-state index contributed by atoms with van der Waals surface area (Å²) >= 11 is 6.12. The van der Waals surface area contributed by atoms with Gasteiger partial charge in [0.1, 0.15) is 23.6 Å². The van der Waals surface area contributed by atoms with E-state index in [2.05, 4.69) is 25.4 Å². The molecule has 16 heteroatoms. The van der Waals surface area contributed by atoms with Gasteiger partial charge in [-0.05, 0) is 23.8 Å². The Labute approximate surface area is 260 Å². The molecule has 2 aliphatic heterocycles. The molecule has 2 fully saturated rings. The van der Waals surface area contributed by atoms with Crippen LogP contribution in [-0.2, 0) is 6.54 Å². The summed E-state index contributed by atoms with van der Waals surface area (Å²) in [4.78, 5) is 42.2. The average Bonchev–Trinajstić information content (AvgIpc) is 3.58. The monoisotopic (exact) mass is 643 g/mol. The number of nitrogens with zero attached hydrogens (tertiary/aromatic N) is 7. The van der Waals surface area contributed by atoms with Crippen LogP contribution >= 0.6 is 11.6 Å². The molecule has 0 radical (unpaired) electrons. The summed E-state index contributed by atoms with van der Waals surface area (Å²) in [5.74, 6) is -3.71. The number of likely N-dealkylation sites (tertiary alicyclic amines) is 2. The van der Waals surface area contributed by atoms with Crippen LogP contribution < -0.4 is 15.8 Å². The van der Waals surface area contributed by atoms with E-state index in [9.17, 15) is 18.4 Å². The molecule has 0 saturated carbocycles. The number of nitrogen functional groups attached to an aromatic ring is 1. The van der Waals surface area contributed by atoms with E-state index in [-0.39, 0.29) is 66.9 Å². The van der Waals surface area contributed by atoms with Crippen molar-refractivity contribution in [3.05, 3.63) is 64.8 Å². The number of carbonyl (C=O) groups excluding carboxylic acids is 2. The van der Waals surface area contributed by atoms with Crippen molar-refractivity contribution in [2.45, 2.75) is 37.5 Å². The summed E-state index contributed by atoms with van der Waals surface area (Å²) in [6.45, 7) is 0.354. The van der Waals surface area contributed by atoms with Gasteiger partial charge in [0.25, 0.3) is 17.7 Å². The normalized spacial score (nSPS) is 20.0. The third-order valence-corrected chi connectivity index (χ3v) is 8.41. The standard InChI is InChI=1S/C29H29ClF3N9O3/c1-45-27-23(26(43)39-21-14-41(13-20(21)31)28(44)17-2-6-35-11-19(17)30)18(3-7-36-27)22-10-16(24-25(34)37-15-38-42(22)24)12-40-8-4-29(32,33)5-9-40/h2-3,6-7,10-11,15,20-21H,4-5,8-9,12-14H2,1H3,(H,39,43)(H2,34,37,38)/t20-,21+/m0/s1. The fraction of sp³-hybridized carbons (Fsp3) is 0.379. The van der Waals surface area contributed by atoms with E-state index in [0.29, 0.717) is 28.9 Å². The summed E-state index contributed by atoms with van der Waals surface area (Å²) < 4.78 is 49.8. The number of rotatable bonds is 7. The highest BCUT2D eigenvalue weighted by Gasteiger charge is 2.39. The minimum atomic E-state index is -2.70. The molecule has 6 heterocycles. The summed E-state index contributed by atoms with van der Waals surface area (Å²) in [5, 5.41) is 7.20. The Morgan fingerprint density at radius 1 is 1.18 bits per heavy atom. The van der Waals surface area contributed by atoms with Crippen LogP contribution in [0.15, 0.2) is 43.1 Å². The number of hydrogen-bond acceptors (Lipinski definition) is 9. The largest absolute Gasteiger partial charge is 0.480 e. The number of halogens is 4. The molecule has 236 valence electrons. The Balaban J connectivity index is 1.31. The third-order valence-electron chi connectivity index (χ3n) is 8.11. The van der Waals surface area contributed by atoms with Gasteiger partial charge >= 0.3 is 0 Å². The first kappa shape index (κ1) is 30.5. The minimum absolute atomic E-state index is 0.00917. The lowest BCUT2D eigenvalue weighted by Crippen LogP contribution is -2.42. The molecular weight excluding hydrogens is 615 g/mol. The predicted octanol–water partition coefficient (Wildman–Crippen LogP) is 3.25. The van der Waals surface area contributed by atoms with Crippen molar-refractivity contribution in [1.82, 2.24) is 39.7 Å². The van der Waals surface area contributed by atoms with E-state index in [1.165, 1.54) is 47.5 Å². The van der Waals surface area contributed by atoms with Gasteiger partial charge < -0.3 is 20.7 Å². The van der Waals surface area contributed by atoms with Crippen LogP contribution in [0.25, 0.3) is 16.8 Å². The van der Waals surface area contributed by atoms with Crippen LogP contribution in [0.3, 0.4) is 0 Å². The number of alkyl halides is 3. The van der Waals surface area contributed by atoms with Gasteiger partial charge in [0.15, 0.2) is 5.82 Å². The van der Waals surface area contributed by atoms with Crippen molar-refractivity contribution in [3.63, 3.8) is 0 Å². The minimum Gasteiger partial charge on any atom is -0.480 e. The molecule has 0 aliphatic carbocycles. The first-order chi connectivity index (χ1) is 21.6. The second kappa shape index (κ2) is 12.1. The van der Waals surface area contributed by atoms with Crippen molar-refractivity contribution in [1.29, 1.82) is 0 Å². The Morgan fingerprint density at radius 3 is 2.69 bits per heavy atom. The van der Waals surface area contributed by atoms with Gasteiger partial charge in [0, 0.05) is 63.2 Å². The van der Waals surface area contributed by atoms with Crippen molar-refractivity contribution in [2.75, 3.05) is 39.0 Å². The number of fused-ring (bicyclic) bond motifs is 1. The van der Waals surface area contributed by atoms with Crippen molar-refractivity contribution < 1.29 is 27.5 Å². The van der Waals surface area contributed by atoms with E-state index in [4.69, 9.17) is 22.1 Å². The zero-order valence-corrected chi connectivity index (χ0v) is 24.8. The molecule has 0 spiro atoms. The molecule has 0 aromatic carbocycles. The van der Waals surface area contributed by atoms with Crippen molar-refractivity contribution >= 4 is 34.7 Å². The number of hydrogen-bond donors (Lipinski definition) is 2. The number of piperidine rings is 1. The zero-order valence-electron chi connectivity index (χ0n) is 24.1. The average molecular weight is 644 g/mol. The van der Waals surface area contributed by atoms with Gasteiger partial charge in [-0.2, -0.15) is 5.10 Å². The van der Waals surface area contributed by atoms with Crippen molar-refractivity contribution in [2.24, 2.45) is 0 Å². The summed E-state index contributed by atoms with van der Waals surface area (Å²) in [5.41, 5.74) is 8.38. The molecule has 0 bridgehead atoms. The zero-order chi connectivity index (χ0) is 31.9. The molecule has 45 heavy (non-hydrogen) atoms. The first-order valence-corrected chi connectivity index (χ1v) is 14.5. The third kappa shape index (κ3) is 5.96. The number of amides is 2. The second-order valence-corrected chi connectivity index (χ2v) is 11.4. The highest BCUT2D eigenvalue weighted by molar-refractivity contribution is 6.33. The number of ether oxygens (including phenoxy) is 1. The number of pyridine rings is 2. The Bertz CT molecular complexity index is 1760. The second-order valence-electron chi connectivity index (χ2n) is 11.0. The van der Waals surface area contributed by atoms with Crippen LogP contribution in [0.1, 0.15) is 39.1 Å². The van der Waals surface area contributed by atoms with Crippen molar-refractivity contribution in [3.8, 4) is 17.1 Å². The predicted molar refractivity (Wildman–Crippen MR) is 158 cm³/mol. The number of anilines is 1. The maximum Gasteiger partial charge on any atom is 0.257 e. The quantitative estimate of drug-likeness (QED) is 0.310. The molecule has 2 amide bonds. The molecule has 12 nitrogen and oxygen atoms in total. The first-order valence-electron chi connectivity index (χ1n) is 14.1. The molecule has 6 rings (SSSR count). The SMILES string of the molecule is COc1nccc(-c2cc(CN3CCC(F)(F)CC3)c3c(N)ncnn23)c1C(=O)N[C@@H]1CN(C(=O)c2ccncc2Cl)C[C@@H]1F. The van der Waals surface area contributed by atoms with E-state index in [1.54, 1.807) is 12.1 Å². The summed E-state index contributed by atoms with van der Waals surface area (Å²) in [6, 6.07) is 3.77. The molecule has 2 aliphatic rings. The van der Waals surface area contributed by atoms with Crippen LogP contribution in [0.5, 0.6) is 5.88 Å². The molecular formula is C29H29ClF3N9O3. The lowest BCUT2D eigenvalue weighted by atomic mass is 10.0. The topological polar surface area (TPSA) is 144 Å². The van der Waals surface area contributed by atoms with Crippen LogP contribution in [0.4, 0.5) is 19.0 Å². The molecule has 2 saturated heterocycles. The van der Waals surface area contributed by atoms with E-state index < -0.39 is 30.0 Å². The number of nitrogens with one attached hydrogen (secondary N) is 1. The van der Waals surface area contributed by atoms with E-state index >= 15 is 4.39 Å². The Hall–Kier alpha value is -4.50. The summed E-state index contributed by atoms with van der Waals surface area (Å²) in [7, 11) is 1.35. The van der Waals surface area contributed by atoms with Crippen LogP contribution in [-0.4, -0.2) is 97.6 Å². The smallest absolute Gasteiger partial charge is 0.257 e. The van der Waals surface area contributed by atoms with Gasteiger partial charge in [-0.1, -0.05) is 11.6 Å². The maximum atomic E-state index is 15.2. The van der Waals surface area contributed by atoms with Gasteiger partial charge in [0.2, 0.25) is 5.88 Å². The van der Waals surface area contributed by atoms with Crippen LogP contribution in [0.2, 0.25) is 5.02 Å². The van der Waals surface area contributed by atoms with E-state index in [0.717, 1.165) is 0 Å². The Kier molecular flexibility index (Phi) is 8.22. The number of nitrogens with two attached hydrogens (primary N) is 1. The van der Waals surface area contributed by atoms with Gasteiger partial charge in [0.05, 0.1) is 36.0 Å². The van der Waals surface area contributed by atoms with Crippen LogP contribution in [0, 0.1) is 0 Å². The highest BCUT2D eigenvalue weighted by Crippen LogP contribution is 2.35. The fourth-order valence-corrected chi connectivity index (χ4v) is 5.99. The summed E-state index contributed by atoms with van der Waals surface area (Å²) in [6.07, 6.45) is 3.40. The maximum absolute atomic E-state index is 15.2. The molecule has 0 unspecified atom stereocenters. The lowest BCUT2D eigenvalue weighted by molar-refractivity contribution is -0.0565. The number of methoxy groups -OCH3 is 1. The number of aromatic nitrogens is 5. The van der Waals surface area contributed by atoms with Gasteiger partial charge in [-0.3, -0.25) is 19.5 Å². The molecule has 4 aromatic rings. The lowest BCUT2D eigenvalue weighted by Gasteiger charge is -2.31. The Morgan fingerprint density at radius 2 is 1.96 bits per heavy atom.